The molecular formula is C19H15N3O3S. The molecule has 0 amide bonds. The summed E-state index contributed by atoms with van der Waals surface area (Å²) < 4.78 is 28.9. The molecule has 0 saturated heterocycles. The summed E-state index contributed by atoms with van der Waals surface area (Å²) in [6.07, 6.45) is 1.79. The average molecular weight is 365 g/mol. The number of aromatic nitrogens is 2. The Morgan fingerprint density at radius 2 is 1.62 bits per heavy atom. The van der Waals surface area contributed by atoms with Crippen LogP contribution in [-0.2, 0) is 10.0 Å². The van der Waals surface area contributed by atoms with Crippen molar-refractivity contribution < 1.29 is 12.8 Å². The number of H-pyrrole nitrogens is 1. The molecule has 2 aromatic heterocycles. The number of aromatic amines is 1. The van der Waals surface area contributed by atoms with Crippen LogP contribution in [0.25, 0.3) is 34.2 Å². The smallest absolute Gasteiger partial charge is 0.244 e. The van der Waals surface area contributed by atoms with Gasteiger partial charge in [0.2, 0.25) is 15.9 Å². The third-order valence-corrected chi connectivity index (χ3v) is 4.88. The molecule has 2 heterocycles. The molecule has 0 spiro atoms. The first-order valence-electron chi connectivity index (χ1n) is 7.85. The van der Waals surface area contributed by atoms with Gasteiger partial charge in [-0.25, -0.2) is 18.5 Å². The molecule has 6 nitrogen and oxygen atoms in total. The van der Waals surface area contributed by atoms with Crippen molar-refractivity contribution in [2.45, 2.75) is 4.90 Å². The number of nitrogens with zero attached hydrogens (tertiary/aromatic N) is 1. The largest absolute Gasteiger partial charge is 0.434 e. The Morgan fingerprint density at radius 3 is 2.23 bits per heavy atom. The molecule has 0 radical (unpaired) electrons. The zero-order chi connectivity index (χ0) is 18.1. The quantitative estimate of drug-likeness (QED) is 0.576. The number of nitrogens with two attached hydrogens (primary N) is 1. The van der Waals surface area contributed by atoms with Gasteiger partial charge in [0.05, 0.1) is 4.90 Å². The zero-order valence-electron chi connectivity index (χ0n) is 13.6. The van der Waals surface area contributed by atoms with E-state index >= 15 is 0 Å². The minimum atomic E-state index is -3.75. The highest BCUT2D eigenvalue weighted by atomic mass is 32.2. The maximum Gasteiger partial charge on any atom is 0.244 e. The first-order chi connectivity index (χ1) is 12.5. The zero-order valence-corrected chi connectivity index (χ0v) is 14.4. The number of hydrogen-bond donors (Lipinski definition) is 2. The number of benzene rings is 2. The van der Waals surface area contributed by atoms with E-state index in [4.69, 9.17) is 9.56 Å². The predicted octanol–water partition coefficient (Wildman–Crippen LogP) is 3.65. The fourth-order valence-electron chi connectivity index (χ4n) is 2.68. The first-order valence-corrected chi connectivity index (χ1v) is 9.40. The van der Waals surface area contributed by atoms with Gasteiger partial charge in [-0.15, -0.1) is 0 Å². The number of hydrogen-bond acceptors (Lipinski definition) is 4. The molecule has 2 aromatic carbocycles. The van der Waals surface area contributed by atoms with Gasteiger partial charge in [0.1, 0.15) is 11.4 Å². The number of primary sulfonamides is 1. The van der Waals surface area contributed by atoms with E-state index in [-0.39, 0.29) is 4.90 Å². The monoisotopic (exact) mass is 365 g/mol. The second-order valence-electron chi connectivity index (χ2n) is 5.72. The standard InChI is InChI=1S/C19H15N3O3S/c20-26(23,24)15-10-8-14(9-11-15)18-17(13-5-2-1-3-6-13)22-19(25-18)16-7-4-12-21-16/h1-12,21H,(H2,20,23,24). The Labute approximate surface area is 150 Å². The van der Waals surface area contributed by atoms with Crippen molar-refractivity contribution in [2.75, 3.05) is 0 Å². The summed E-state index contributed by atoms with van der Waals surface area (Å²) in [6, 6.07) is 19.6. The molecule has 0 saturated carbocycles. The summed E-state index contributed by atoms with van der Waals surface area (Å²) in [5, 5.41) is 5.17. The molecule has 130 valence electrons. The van der Waals surface area contributed by atoms with E-state index in [1.807, 2.05) is 42.5 Å². The van der Waals surface area contributed by atoms with Crippen LogP contribution >= 0.6 is 0 Å². The Morgan fingerprint density at radius 1 is 0.885 bits per heavy atom. The Bertz CT molecular complexity index is 1130. The van der Waals surface area contributed by atoms with Crippen molar-refractivity contribution >= 4 is 10.0 Å². The molecule has 0 aliphatic heterocycles. The fraction of sp³-hybridized carbons (Fsp3) is 0. The average Bonchev–Trinajstić information content (AvgIpc) is 3.31. The first kappa shape index (κ1) is 16.3. The van der Waals surface area contributed by atoms with Gasteiger partial charge >= 0.3 is 0 Å². The van der Waals surface area contributed by atoms with Crippen LogP contribution in [0, 0.1) is 0 Å². The lowest BCUT2D eigenvalue weighted by atomic mass is 10.1. The van der Waals surface area contributed by atoms with Crippen LogP contribution in [0.2, 0.25) is 0 Å². The maximum absolute atomic E-state index is 11.5. The second-order valence-corrected chi connectivity index (χ2v) is 7.28. The van der Waals surface area contributed by atoms with E-state index in [9.17, 15) is 8.42 Å². The van der Waals surface area contributed by atoms with Gasteiger partial charge in [-0.05, 0) is 36.4 Å². The number of oxazole rings is 1. The molecular weight excluding hydrogens is 350 g/mol. The van der Waals surface area contributed by atoms with Crippen LogP contribution in [0.1, 0.15) is 0 Å². The maximum atomic E-state index is 11.5. The third kappa shape index (κ3) is 3.05. The normalized spacial score (nSPS) is 11.6. The van der Waals surface area contributed by atoms with Gasteiger partial charge < -0.3 is 9.40 Å². The molecule has 7 heteroatoms. The molecule has 4 rings (SSSR count). The van der Waals surface area contributed by atoms with E-state index in [1.54, 1.807) is 18.3 Å². The second kappa shape index (κ2) is 6.29. The molecule has 0 unspecified atom stereocenters. The van der Waals surface area contributed by atoms with Crippen molar-refractivity contribution in [2.24, 2.45) is 5.14 Å². The Kier molecular flexibility index (Phi) is 3.95. The number of rotatable bonds is 4. The summed E-state index contributed by atoms with van der Waals surface area (Å²) in [6.45, 7) is 0. The van der Waals surface area contributed by atoms with Crippen molar-refractivity contribution in [1.82, 2.24) is 9.97 Å². The molecule has 4 aromatic rings. The molecule has 0 atom stereocenters. The Hall–Kier alpha value is -3.16. The van der Waals surface area contributed by atoms with Crippen LogP contribution in [0.4, 0.5) is 0 Å². The van der Waals surface area contributed by atoms with Gasteiger partial charge in [0.15, 0.2) is 5.76 Å². The van der Waals surface area contributed by atoms with Crippen LogP contribution in [-0.4, -0.2) is 18.4 Å². The highest BCUT2D eigenvalue weighted by Crippen LogP contribution is 2.35. The van der Waals surface area contributed by atoms with Crippen LogP contribution in [0.15, 0.2) is 82.2 Å². The lowest BCUT2D eigenvalue weighted by Gasteiger charge is -2.03. The van der Waals surface area contributed by atoms with Crippen molar-refractivity contribution in [3.8, 4) is 34.2 Å². The minimum Gasteiger partial charge on any atom is -0.434 e. The highest BCUT2D eigenvalue weighted by molar-refractivity contribution is 7.89. The lowest BCUT2D eigenvalue weighted by molar-refractivity contribution is 0.586. The molecule has 3 N–H and O–H groups in total. The fourth-order valence-corrected chi connectivity index (χ4v) is 3.20. The van der Waals surface area contributed by atoms with Crippen molar-refractivity contribution in [1.29, 1.82) is 0 Å². The number of sulfonamides is 1. The molecule has 0 fully saturated rings. The van der Waals surface area contributed by atoms with Gasteiger partial charge in [0.25, 0.3) is 0 Å². The van der Waals surface area contributed by atoms with E-state index in [0.29, 0.717) is 22.9 Å². The summed E-state index contributed by atoms with van der Waals surface area (Å²) in [7, 11) is -3.75. The summed E-state index contributed by atoms with van der Waals surface area (Å²) in [4.78, 5) is 7.75. The van der Waals surface area contributed by atoms with Crippen LogP contribution < -0.4 is 5.14 Å². The molecule has 26 heavy (non-hydrogen) atoms. The van der Waals surface area contributed by atoms with Gasteiger partial charge in [-0.3, -0.25) is 0 Å². The van der Waals surface area contributed by atoms with Gasteiger partial charge in [-0.2, -0.15) is 0 Å². The predicted molar refractivity (Wildman–Crippen MR) is 98.5 cm³/mol. The molecule has 0 aliphatic rings. The van der Waals surface area contributed by atoms with Crippen LogP contribution in [0.3, 0.4) is 0 Å². The van der Waals surface area contributed by atoms with Gasteiger partial charge in [-0.1, -0.05) is 30.3 Å². The van der Waals surface area contributed by atoms with Crippen molar-refractivity contribution in [3.05, 3.63) is 72.9 Å². The van der Waals surface area contributed by atoms with Crippen molar-refractivity contribution in [3.63, 3.8) is 0 Å². The topological polar surface area (TPSA) is 102 Å². The molecule has 0 bridgehead atoms. The Balaban J connectivity index is 1.87. The SMILES string of the molecule is NS(=O)(=O)c1ccc(-c2oc(-c3ccc[nH]3)nc2-c2ccccc2)cc1. The summed E-state index contributed by atoms with van der Waals surface area (Å²) in [5.41, 5.74) is 3.05. The van der Waals surface area contributed by atoms with E-state index < -0.39 is 10.0 Å². The van der Waals surface area contributed by atoms with E-state index in [0.717, 1.165) is 11.3 Å². The molecule has 0 aliphatic carbocycles. The summed E-state index contributed by atoms with van der Waals surface area (Å²) in [5.74, 6) is 1.01. The van der Waals surface area contributed by atoms with E-state index in [2.05, 4.69) is 9.97 Å². The van der Waals surface area contributed by atoms with Crippen LogP contribution in [0.5, 0.6) is 0 Å². The van der Waals surface area contributed by atoms with Gasteiger partial charge in [0, 0.05) is 17.3 Å². The third-order valence-electron chi connectivity index (χ3n) is 3.95. The minimum absolute atomic E-state index is 0.0478. The van der Waals surface area contributed by atoms with E-state index in [1.165, 1.54) is 12.1 Å². The summed E-state index contributed by atoms with van der Waals surface area (Å²) >= 11 is 0. The lowest BCUT2D eigenvalue weighted by Crippen LogP contribution is -2.11. The highest BCUT2D eigenvalue weighted by Gasteiger charge is 2.19. The number of nitrogens with one attached hydrogen (secondary N) is 1.